The summed E-state index contributed by atoms with van der Waals surface area (Å²) in [6, 6.07) is 9.32. The number of ether oxygens (including phenoxy) is 1. The van der Waals surface area contributed by atoms with E-state index in [1.807, 2.05) is 19.1 Å². The smallest absolute Gasteiger partial charge is 0.307 e. The third-order valence-corrected chi connectivity index (χ3v) is 6.67. The molecule has 33 heavy (non-hydrogen) atoms. The van der Waals surface area contributed by atoms with Gasteiger partial charge in [0.1, 0.15) is 23.0 Å². The number of rotatable bonds is 11. The molecule has 0 bridgehead atoms. The van der Waals surface area contributed by atoms with E-state index in [-0.39, 0.29) is 17.9 Å². The standard InChI is InChI=1S/C22H27N3O7S/c1-13-17(11-22(28)29)16-5-4-15(10-18(16)25-13)32-8-7-24-12-20(27)14-3-6-19(26)21(9-14)33(30,31)23-2/h3-6,9-10,20,23-27H,7-8,11-12H2,1-2H3,(H,28,29)/t20-/m0/s1. The second-order valence-electron chi connectivity index (χ2n) is 7.51. The van der Waals surface area contributed by atoms with E-state index in [9.17, 15) is 23.4 Å². The van der Waals surface area contributed by atoms with Crippen molar-refractivity contribution in [3.63, 3.8) is 0 Å². The van der Waals surface area contributed by atoms with Crippen molar-refractivity contribution in [1.82, 2.24) is 15.0 Å². The molecule has 0 amide bonds. The van der Waals surface area contributed by atoms with Crippen molar-refractivity contribution >= 4 is 26.9 Å². The highest BCUT2D eigenvalue weighted by atomic mass is 32.2. The van der Waals surface area contributed by atoms with Crippen molar-refractivity contribution in [2.24, 2.45) is 0 Å². The molecule has 1 aromatic heterocycles. The lowest BCUT2D eigenvalue weighted by atomic mass is 10.1. The Balaban J connectivity index is 1.53. The number of hydrogen-bond acceptors (Lipinski definition) is 7. The second-order valence-corrected chi connectivity index (χ2v) is 9.36. The molecule has 1 atom stereocenters. The zero-order valence-corrected chi connectivity index (χ0v) is 19.1. The van der Waals surface area contributed by atoms with Crippen LogP contribution in [0, 0.1) is 6.92 Å². The molecule has 0 saturated heterocycles. The van der Waals surface area contributed by atoms with Gasteiger partial charge in [0.15, 0.2) is 0 Å². The van der Waals surface area contributed by atoms with E-state index >= 15 is 0 Å². The zero-order chi connectivity index (χ0) is 24.2. The molecule has 0 saturated carbocycles. The molecule has 6 N–H and O–H groups in total. The Morgan fingerprint density at radius 1 is 1.21 bits per heavy atom. The highest BCUT2D eigenvalue weighted by Crippen LogP contribution is 2.27. The fourth-order valence-electron chi connectivity index (χ4n) is 3.50. The van der Waals surface area contributed by atoms with Gasteiger partial charge in [-0.15, -0.1) is 0 Å². The zero-order valence-electron chi connectivity index (χ0n) is 18.3. The number of carboxylic acid groups (broad SMARTS) is 1. The van der Waals surface area contributed by atoms with E-state index in [2.05, 4.69) is 15.0 Å². The number of phenolic OH excluding ortho intramolecular Hbond substituents is 1. The lowest BCUT2D eigenvalue weighted by Crippen LogP contribution is -2.26. The normalized spacial score (nSPS) is 12.7. The number of aromatic amines is 1. The van der Waals surface area contributed by atoms with Crippen LogP contribution < -0.4 is 14.8 Å². The first-order chi connectivity index (χ1) is 15.6. The van der Waals surface area contributed by atoms with E-state index in [0.29, 0.717) is 24.5 Å². The largest absolute Gasteiger partial charge is 0.507 e. The number of hydrogen-bond donors (Lipinski definition) is 6. The van der Waals surface area contributed by atoms with Crippen LogP contribution in [-0.2, 0) is 21.2 Å². The van der Waals surface area contributed by atoms with Crippen LogP contribution >= 0.6 is 0 Å². The summed E-state index contributed by atoms with van der Waals surface area (Å²) in [6.45, 7) is 2.72. The van der Waals surface area contributed by atoms with Gasteiger partial charge in [-0.3, -0.25) is 4.79 Å². The number of aliphatic hydroxyl groups excluding tert-OH is 1. The number of benzene rings is 2. The van der Waals surface area contributed by atoms with E-state index < -0.39 is 27.8 Å². The molecular formula is C22H27N3O7S. The quantitative estimate of drug-likeness (QED) is 0.226. The van der Waals surface area contributed by atoms with Gasteiger partial charge >= 0.3 is 5.97 Å². The van der Waals surface area contributed by atoms with Gasteiger partial charge in [-0.25, -0.2) is 13.1 Å². The number of carbonyl (C=O) groups is 1. The van der Waals surface area contributed by atoms with Crippen LogP contribution in [0.5, 0.6) is 11.5 Å². The summed E-state index contributed by atoms with van der Waals surface area (Å²) >= 11 is 0. The van der Waals surface area contributed by atoms with E-state index in [1.54, 1.807) is 6.07 Å². The molecule has 2 aromatic carbocycles. The van der Waals surface area contributed by atoms with Gasteiger partial charge in [0.05, 0.1) is 12.5 Å². The number of nitrogens with one attached hydrogen (secondary N) is 3. The van der Waals surface area contributed by atoms with Crippen LogP contribution in [0.1, 0.15) is 22.9 Å². The number of aliphatic hydroxyl groups is 1. The van der Waals surface area contributed by atoms with Crippen LogP contribution in [0.3, 0.4) is 0 Å². The summed E-state index contributed by atoms with van der Waals surface area (Å²) in [5, 5.41) is 33.1. The summed E-state index contributed by atoms with van der Waals surface area (Å²) in [7, 11) is -2.61. The average Bonchev–Trinajstić information content (AvgIpc) is 3.07. The Bertz CT molecular complexity index is 1250. The maximum absolute atomic E-state index is 12.0. The summed E-state index contributed by atoms with van der Waals surface area (Å²) in [5.41, 5.74) is 2.70. The number of H-pyrrole nitrogens is 1. The van der Waals surface area contributed by atoms with Crippen molar-refractivity contribution in [3.05, 3.63) is 53.2 Å². The minimum atomic E-state index is -3.85. The molecule has 0 aliphatic rings. The third kappa shape index (κ3) is 5.82. The molecule has 0 aliphatic carbocycles. The van der Waals surface area contributed by atoms with Crippen LogP contribution in [0.25, 0.3) is 10.9 Å². The third-order valence-electron chi connectivity index (χ3n) is 5.23. The summed E-state index contributed by atoms with van der Waals surface area (Å²) < 4.78 is 31.8. The highest BCUT2D eigenvalue weighted by Gasteiger charge is 2.19. The fourth-order valence-corrected chi connectivity index (χ4v) is 4.35. The SMILES string of the molecule is CNS(=O)(=O)c1cc([C@@H](O)CNCCOc2ccc3c(CC(=O)O)c(C)[nH]c3c2)ccc1O. The van der Waals surface area contributed by atoms with Crippen LogP contribution in [0.15, 0.2) is 41.3 Å². The van der Waals surface area contributed by atoms with Crippen LogP contribution in [0.4, 0.5) is 0 Å². The Labute approximate surface area is 191 Å². The lowest BCUT2D eigenvalue weighted by Gasteiger charge is -2.14. The molecular weight excluding hydrogens is 450 g/mol. The fraction of sp³-hybridized carbons (Fsp3) is 0.318. The molecule has 0 fully saturated rings. The molecule has 178 valence electrons. The Morgan fingerprint density at radius 2 is 1.97 bits per heavy atom. The number of aromatic hydroxyl groups is 1. The molecule has 0 radical (unpaired) electrons. The minimum absolute atomic E-state index is 0.0539. The monoisotopic (exact) mass is 477 g/mol. The predicted molar refractivity (Wildman–Crippen MR) is 122 cm³/mol. The van der Waals surface area contributed by atoms with Crippen molar-refractivity contribution in [3.8, 4) is 11.5 Å². The first-order valence-electron chi connectivity index (χ1n) is 10.2. The molecule has 3 rings (SSSR count). The van der Waals surface area contributed by atoms with Crippen LogP contribution in [-0.4, -0.2) is 61.4 Å². The number of carboxylic acids is 1. The van der Waals surface area contributed by atoms with Gasteiger partial charge in [-0.1, -0.05) is 6.07 Å². The van der Waals surface area contributed by atoms with Gasteiger partial charge in [0.25, 0.3) is 0 Å². The molecule has 3 aromatic rings. The summed E-state index contributed by atoms with van der Waals surface area (Å²) in [4.78, 5) is 13.9. The lowest BCUT2D eigenvalue weighted by molar-refractivity contribution is -0.136. The Kier molecular flexibility index (Phi) is 7.59. The van der Waals surface area contributed by atoms with E-state index in [1.165, 1.54) is 25.2 Å². The van der Waals surface area contributed by atoms with Crippen LogP contribution in [0.2, 0.25) is 0 Å². The summed E-state index contributed by atoms with van der Waals surface area (Å²) in [6.07, 6.45) is -1.04. The molecule has 11 heteroatoms. The first kappa shape index (κ1) is 24.5. The first-order valence-corrected chi connectivity index (χ1v) is 11.7. The number of aromatic nitrogens is 1. The average molecular weight is 478 g/mol. The van der Waals surface area contributed by atoms with E-state index in [0.717, 1.165) is 22.2 Å². The number of fused-ring (bicyclic) bond motifs is 1. The van der Waals surface area contributed by atoms with Crippen molar-refractivity contribution in [2.75, 3.05) is 26.7 Å². The maximum atomic E-state index is 12.0. The van der Waals surface area contributed by atoms with E-state index in [4.69, 9.17) is 9.84 Å². The molecule has 10 nitrogen and oxygen atoms in total. The molecule has 0 spiro atoms. The van der Waals surface area contributed by atoms with Gasteiger partial charge in [0, 0.05) is 35.8 Å². The van der Waals surface area contributed by atoms with Gasteiger partial charge in [-0.2, -0.15) is 0 Å². The van der Waals surface area contributed by atoms with Gasteiger partial charge in [0.2, 0.25) is 10.0 Å². The van der Waals surface area contributed by atoms with Crippen molar-refractivity contribution < 1.29 is 33.3 Å². The number of aryl methyl sites for hydroxylation is 1. The number of sulfonamides is 1. The number of aliphatic carboxylic acids is 1. The summed E-state index contributed by atoms with van der Waals surface area (Å²) in [5.74, 6) is -0.667. The minimum Gasteiger partial charge on any atom is -0.507 e. The maximum Gasteiger partial charge on any atom is 0.307 e. The highest BCUT2D eigenvalue weighted by molar-refractivity contribution is 7.89. The molecule has 1 heterocycles. The second kappa shape index (κ2) is 10.2. The molecule has 0 unspecified atom stereocenters. The van der Waals surface area contributed by atoms with Crippen molar-refractivity contribution in [2.45, 2.75) is 24.3 Å². The predicted octanol–water partition coefficient (Wildman–Crippen LogP) is 1.42. The molecule has 0 aliphatic heterocycles. The topological polar surface area (TPSA) is 161 Å². The van der Waals surface area contributed by atoms with Crippen molar-refractivity contribution in [1.29, 1.82) is 0 Å². The Hall–Kier alpha value is -3.12. The number of phenols is 1. The van der Waals surface area contributed by atoms with Gasteiger partial charge in [-0.05, 0) is 49.4 Å². The Morgan fingerprint density at radius 3 is 2.67 bits per heavy atom. The van der Waals surface area contributed by atoms with Gasteiger partial charge < -0.3 is 30.4 Å².